The molecule has 2 atom stereocenters. The van der Waals surface area contributed by atoms with Gasteiger partial charge in [0, 0.05) is 0 Å². The zero-order chi connectivity index (χ0) is 32.0. The minimum atomic E-state index is -9.32. The van der Waals surface area contributed by atoms with Gasteiger partial charge >= 0.3 is 68.4 Å². The highest BCUT2D eigenvalue weighted by Crippen LogP contribution is 2.68. The van der Waals surface area contributed by atoms with Gasteiger partial charge in [-0.3, -0.25) is 0 Å². The summed E-state index contributed by atoms with van der Waals surface area (Å²) in [7, 11) is 0. The van der Waals surface area contributed by atoms with Gasteiger partial charge in [-0.05, 0) is 23.2 Å². The van der Waals surface area contributed by atoms with E-state index in [-0.39, 0.29) is 0 Å². The summed E-state index contributed by atoms with van der Waals surface area (Å²) >= 11 is 14.0. The standard InChI is InChI=1S/C12Cl4F22/c13-1(17,11(15,35)36)3(19,20)5(23,24)7(27,28)9(31,32)10(33,34)8(29,30)6(25,26)4(21,22)2(14,18)12(16,37)38. The average molecular weight is 704 g/mol. The van der Waals surface area contributed by atoms with E-state index in [4.69, 9.17) is 0 Å². The molecule has 0 spiro atoms. The molecule has 0 amide bonds. The van der Waals surface area contributed by atoms with Crippen LogP contribution in [0.2, 0.25) is 0 Å². The minimum Gasteiger partial charge on any atom is -0.211 e. The van der Waals surface area contributed by atoms with Crippen molar-refractivity contribution in [1.82, 2.24) is 0 Å². The first kappa shape index (κ1) is 37.6. The van der Waals surface area contributed by atoms with Crippen molar-refractivity contribution >= 4 is 46.4 Å². The Kier molecular flexibility index (Phi) is 8.97. The molecule has 0 radical (unpaired) electrons. The monoisotopic (exact) mass is 702 g/mol. The summed E-state index contributed by atoms with van der Waals surface area (Å²) in [5, 5.41) is -27.9. The van der Waals surface area contributed by atoms with Crippen LogP contribution in [-0.2, 0) is 0 Å². The molecule has 230 valence electrons. The molecule has 0 aromatic heterocycles. The molecule has 0 heterocycles. The van der Waals surface area contributed by atoms with Crippen molar-refractivity contribution in [1.29, 1.82) is 0 Å². The van der Waals surface area contributed by atoms with Gasteiger partial charge < -0.3 is 0 Å². The summed E-state index contributed by atoms with van der Waals surface area (Å²) in [6, 6.07) is 0. The van der Waals surface area contributed by atoms with E-state index in [1.165, 1.54) is 0 Å². The van der Waals surface area contributed by atoms with Gasteiger partial charge in [-0.15, -0.1) is 0 Å². The van der Waals surface area contributed by atoms with Crippen molar-refractivity contribution in [2.24, 2.45) is 0 Å². The van der Waals surface area contributed by atoms with Crippen LogP contribution in [0.3, 0.4) is 0 Å². The topological polar surface area (TPSA) is 0 Å². The fraction of sp³-hybridized carbons (Fsp3) is 1.00. The van der Waals surface area contributed by atoms with Crippen molar-refractivity contribution in [2.45, 2.75) is 68.4 Å². The Morgan fingerprint density at radius 1 is 0.211 bits per heavy atom. The molecule has 0 bridgehead atoms. The predicted octanol–water partition coefficient (Wildman–Crippen LogP) is 9.54. The molecule has 0 fully saturated rings. The van der Waals surface area contributed by atoms with E-state index in [1.54, 1.807) is 0 Å². The molecule has 0 aromatic carbocycles. The maximum absolute atomic E-state index is 13.6. The second-order valence-electron chi connectivity index (χ2n) is 6.74. The van der Waals surface area contributed by atoms with Gasteiger partial charge in [0.2, 0.25) is 0 Å². The molecule has 0 aromatic rings. The van der Waals surface area contributed by atoms with Gasteiger partial charge in [-0.25, -0.2) is 8.78 Å². The highest BCUT2D eigenvalue weighted by Gasteiger charge is 2.98. The third-order valence-corrected chi connectivity index (χ3v) is 5.92. The minimum absolute atomic E-state index is 3.48. The molecule has 0 saturated carbocycles. The van der Waals surface area contributed by atoms with Gasteiger partial charge in [0.15, 0.2) is 0 Å². The van der Waals surface area contributed by atoms with Gasteiger partial charge in [-0.2, -0.15) is 87.8 Å². The first-order valence-corrected chi connectivity index (χ1v) is 9.18. The first-order chi connectivity index (χ1) is 15.8. The van der Waals surface area contributed by atoms with Crippen LogP contribution in [0.15, 0.2) is 0 Å². The highest BCUT2D eigenvalue weighted by molar-refractivity contribution is 6.33. The molecule has 0 N–H and O–H groups in total. The molecule has 0 nitrogen and oxygen atoms in total. The second kappa shape index (κ2) is 9.06. The lowest BCUT2D eigenvalue weighted by Crippen LogP contribution is -2.78. The Hall–Kier alpha value is -0.380. The Morgan fingerprint density at radius 2 is 0.316 bits per heavy atom. The molecule has 26 heteroatoms. The zero-order valence-corrected chi connectivity index (χ0v) is 18.9. The number of alkyl halides is 26. The summed E-state index contributed by atoms with van der Waals surface area (Å²) in [4.78, 5) is 0. The normalized spacial score (nSPS) is 19.7. The summed E-state index contributed by atoms with van der Waals surface area (Å²) < 4.78 is 293. The molecule has 0 aliphatic heterocycles. The van der Waals surface area contributed by atoms with E-state index < -0.39 is 68.4 Å². The lowest BCUT2D eigenvalue weighted by Gasteiger charge is -2.46. The molecular weight excluding hydrogens is 704 g/mol. The molecule has 0 aliphatic rings. The Labute approximate surface area is 212 Å². The van der Waals surface area contributed by atoms with E-state index in [9.17, 15) is 96.6 Å². The van der Waals surface area contributed by atoms with Crippen molar-refractivity contribution in [3.8, 4) is 0 Å². The Morgan fingerprint density at radius 3 is 0.421 bits per heavy atom. The van der Waals surface area contributed by atoms with Crippen LogP contribution in [0.1, 0.15) is 0 Å². The van der Waals surface area contributed by atoms with Crippen LogP contribution in [0, 0.1) is 0 Å². The largest absolute Gasteiger partial charge is 0.385 e. The SMILES string of the molecule is FC(F)(Cl)C(F)(Cl)C(F)(F)C(F)(F)C(F)(F)C(F)(F)C(F)(F)C(F)(F)C(F)(F)C(F)(F)C(F)(Cl)C(F)(F)Cl. The Balaban J connectivity index is 7.29. The van der Waals surface area contributed by atoms with Crippen molar-refractivity contribution in [2.75, 3.05) is 0 Å². The van der Waals surface area contributed by atoms with Crippen molar-refractivity contribution in [3.63, 3.8) is 0 Å². The average Bonchev–Trinajstić information content (AvgIpc) is 2.64. The first-order valence-electron chi connectivity index (χ1n) is 7.66. The lowest BCUT2D eigenvalue weighted by atomic mass is 9.86. The number of hydrogen-bond acceptors (Lipinski definition) is 0. The van der Waals surface area contributed by atoms with Gasteiger partial charge in [0.1, 0.15) is 0 Å². The van der Waals surface area contributed by atoms with Crippen molar-refractivity contribution in [3.05, 3.63) is 0 Å². The van der Waals surface area contributed by atoms with Gasteiger partial charge in [0.05, 0.1) is 0 Å². The Bertz CT molecular complexity index is 808. The summed E-state index contributed by atoms with van der Waals surface area (Å²) in [6.07, 6.45) is 0. The van der Waals surface area contributed by atoms with Crippen LogP contribution < -0.4 is 0 Å². The third kappa shape index (κ3) is 4.39. The third-order valence-electron chi connectivity index (χ3n) is 4.26. The summed E-state index contributed by atoms with van der Waals surface area (Å²) in [6.45, 7) is 0. The van der Waals surface area contributed by atoms with E-state index in [1.807, 2.05) is 0 Å². The van der Waals surface area contributed by atoms with Gasteiger partial charge in [0.25, 0.3) is 0 Å². The van der Waals surface area contributed by atoms with Crippen LogP contribution in [0.5, 0.6) is 0 Å². The molecular formula is C12Cl4F22. The van der Waals surface area contributed by atoms with Crippen LogP contribution in [-0.4, -0.2) is 68.4 Å². The lowest BCUT2D eigenvalue weighted by molar-refractivity contribution is -0.462. The zero-order valence-electron chi connectivity index (χ0n) is 15.8. The number of halogens is 26. The molecule has 2 unspecified atom stereocenters. The molecule has 0 saturated heterocycles. The second-order valence-corrected chi connectivity index (χ2v) is 8.73. The fourth-order valence-corrected chi connectivity index (χ4v) is 2.41. The van der Waals surface area contributed by atoms with E-state index in [0.29, 0.717) is 0 Å². The fourth-order valence-electron chi connectivity index (χ4n) is 1.93. The maximum Gasteiger partial charge on any atom is 0.385 e. The molecule has 38 heavy (non-hydrogen) atoms. The summed E-state index contributed by atoms with van der Waals surface area (Å²) in [5.74, 6) is -71.6. The van der Waals surface area contributed by atoms with Crippen LogP contribution in [0.25, 0.3) is 0 Å². The molecule has 0 rings (SSSR count). The van der Waals surface area contributed by atoms with E-state index >= 15 is 0 Å². The van der Waals surface area contributed by atoms with Crippen molar-refractivity contribution < 1.29 is 96.6 Å². The predicted molar refractivity (Wildman–Crippen MR) is 80.6 cm³/mol. The van der Waals surface area contributed by atoms with Crippen LogP contribution in [0.4, 0.5) is 96.6 Å². The van der Waals surface area contributed by atoms with Crippen LogP contribution >= 0.6 is 46.4 Å². The smallest absolute Gasteiger partial charge is 0.211 e. The molecule has 0 aliphatic carbocycles. The number of rotatable bonds is 11. The van der Waals surface area contributed by atoms with E-state index in [2.05, 4.69) is 46.4 Å². The highest BCUT2D eigenvalue weighted by atomic mass is 35.5. The maximum atomic E-state index is 13.6. The number of hydrogen-bond donors (Lipinski definition) is 0. The quantitative estimate of drug-likeness (QED) is 0.149. The van der Waals surface area contributed by atoms with Gasteiger partial charge in [-0.1, -0.05) is 23.2 Å². The summed E-state index contributed by atoms with van der Waals surface area (Å²) in [5.41, 5.74) is 0. The van der Waals surface area contributed by atoms with E-state index in [0.717, 1.165) is 0 Å².